The van der Waals surface area contributed by atoms with Gasteiger partial charge in [-0.2, -0.15) is 0 Å². The van der Waals surface area contributed by atoms with Crippen LogP contribution in [0.1, 0.15) is 51.9 Å². The van der Waals surface area contributed by atoms with Gasteiger partial charge in [-0.05, 0) is 39.3 Å². The van der Waals surface area contributed by atoms with Crippen LogP contribution < -0.4 is 5.32 Å². The first-order valence-corrected chi connectivity index (χ1v) is 6.08. The highest BCUT2D eigenvalue weighted by Gasteiger charge is 1.94. The molecule has 0 aromatic carbocycles. The molecule has 0 atom stereocenters. The number of hydrogen-bond donors (Lipinski definition) is 2. The summed E-state index contributed by atoms with van der Waals surface area (Å²) in [7, 11) is 0. The molecule has 0 bridgehead atoms. The minimum absolute atomic E-state index is 0.276. The molecule has 0 aromatic heterocycles. The number of carbonyl (C=O) groups excluding carboxylic acids is 1. The largest absolute Gasteiger partial charge is 0.396 e. The molecule has 90 valence electrons. The molecule has 0 aromatic rings. The summed E-state index contributed by atoms with van der Waals surface area (Å²) in [6.07, 6.45) is 7.49. The first-order chi connectivity index (χ1) is 7.27. The zero-order valence-electron chi connectivity index (χ0n) is 9.93. The van der Waals surface area contributed by atoms with Crippen LogP contribution in [0.25, 0.3) is 0 Å². The van der Waals surface area contributed by atoms with Crippen LogP contribution in [0, 0.1) is 0 Å². The van der Waals surface area contributed by atoms with Gasteiger partial charge in [-0.3, -0.25) is 0 Å². The molecule has 0 amide bonds. The fourth-order valence-corrected chi connectivity index (χ4v) is 1.48. The van der Waals surface area contributed by atoms with Gasteiger partial charge in [0.25, 0.3) is 0 Å². The Labute approximate surface area is 93.3 Å². The third-order valence-corrected chi connectivity index (χ3v) is 2.39. The number of ketones is 1. The molecule has 0 spiro atoms. The molecule has 0 radical (unpaired) electrons. The molecule has 2 N–H and O–H groups in total. The number of carbonyl (C=O) groups is 1. The van der Waals surface area contributed by atoms with Crippen molar-refractivity contribution in [2.75, 3.05) is 19.7 Å². The second-order valence-corrected chi connectivity index (χ2v) is 4.05. The van der Waals surface area contributed by atoms with Crippen LogP contribution in [0.2, 0.25) is 0 Å². The van der Waals surface area contributed by atoms with Crippen LogP contribution in [0.15, 0.2) is 0 Å². The lowest BCUT2D eigenvalue weighted by Crippen LogP contribution is -2.17. The molecule has 0 saturated carbocycles. The number of rotatable bonds is 11. The SMILES string of the molecule is CC(=O)CCCCCCCNCCCO. The molecule has 15 heavy (non-hydrogen) atoms. The van der Waals surface area contributed by atoms with Crippen LogP contribution in [-0.4, -0.2) is 30.6 Å². The molecule has 0 fully saturated rings. The number of unbranched alkanes of at least 4 members (excludes halogenated alkanes) is 4. The van der Waals surface area contributed by atoms with Crippen molar-refractivity contribution in [3.8, 4) is 0 Å². The van der Waals surface area contributed by atoms with Crippen molar-refractivity contribution in [3.63, 3.8) is 0 Å². The second kappa shape index (κ2) is 11.7. The van der Waals surface area contributed by atoms with Gasteiger partial charge in [-0.15, -0.1) is 0 Å². The topological polar surface area (TPSA) is 49.3 Å². The van der Waals surface area contributed by atoms with E-state index >= 15 is 0 Å². The Morgan fingerprint density at radius 2 is 1.60 bits per heavy atom. The Morgan fingerprint density at radius 3 is 2.27 bits per heavy atom. The normalized spacial score (nSPS) is 10.5. The summed E-state index contributed by atoms with van der Waals surface area (Å²) < 4.78 is 0. The van der Waals surface area contributed by atoms with E-state index in [2.05, 4.69) is 5.32 Å². The van der Waals surface area contributed by atoms with Crippen molar-refractivity contribution in [1.29, 1.82) is 0 Å². The van der Waals surface area contributed by atoms with Gasteiger partial charge in [0, 0.05) is 13.0 Å². The van der Waals surface area contributed by atoms with Gasteiger partial charge in [0.1, 0.15) is 5.78 Å². The average Bonchev–Trinajstić information content (AvgIpc) is 2.20. The number of Topliss-reactive ketones (excluding diaryl/α,β-unsaturated/α-hetero) is 1. The fourth-order valence-electron chi connectivity index (χ4n) is 1.48. The summed E-state index contributed by atoms with van der Waals surface area (Å²) in [5.41, 5.74) is 0. The molecule has 0 aliphatic rings. The second-order valence-electron chi connectivity index (χ2n) is 4.05. The zero-order valence-corrected chi connectivity index (χ0v) is 9.93. The number of nitrogens with one attached hydrogen (secondary N) is 1. The van der Waals surface area contributed by atoms with E-state index in [9.17, 15) is 4.79 Å². The monoisotopic (exact) mass is 215 g/mol. The van der Waals surface area contributed by atoms with Gasteiger partial charge >= 0.3 is 0 Å². The van der Waals surface area contributed by atoms with E-state index in [4.69, 9.17) is 5.11 Å². The number of aliphatic hydroxyl groups excluding tert-OH is 1. The standard InChI is InChI=1S/C12H25NO2/c1-12(15)8-5-3-2-4-6-9-13-10-7-11-14/h13-14H,2-11H2,1H3. The number of aliphatic hydroxyl groups is 1. The highest BCUT2D eigenvalue weighted by atomic mass is 16.3. The molecule has 3 heteroatoms. The first-order valence-electron chi connectivity index (χ1n) is 6.08. The van der Waals surface area contributed by atoms with E-state index in [1.807, 2.05) is 0 Å². The molecule has 0 aliphatic carbocycles. The molecule has 0 rings (SSSR count). The smallest absolute Gasteiger partial charge is 0.129 e. The van der Waals surface area contributed by atoms with E-state index < -0.39 is 0 Å². The third kappa shape index (κ3) is 13.6. The van der Waals surface area contributed by atoms with Gasteiger partial charge in [0.15, 0.2) is 0 Å². The van der Waals surface area contributed by atoms with E-state index in [1.54, 1.807) is 6.92 Å². The minimum atomic E-state index is 0.276. The van der Waals surface area contributed by atoms with Crippen LogP contribution in [0.4, 0.5) is 0 Å². The van der Waals surface area contributed by atoms with Gasteiger partial charge in [-0.1, -0.05) is 19.3 Å². The van der Waals surface area contributed by atoms with Gasteiger partial charge in [0.05, 0.1) is 0 Å². The van der Waals surface area contributed by atoms with Crippen molar-refractivity contribution in [2.45, 2.75) is 51.9 Å². The average molecular weight is 215 g/mol. The van der Waals surface area contributed by atoms with Crippen molar-refractivity contribution in [1.82, 2.24) is 5.32 Å². The van der Waals surface area contributed by atoms with Crippen molar-refractivity contribution < 1.29 is 9.90 Å². The Kier molecular flexibility index (Phi) is 11.3. The summed E-state index contributed by atoms with van der Waals surface area (Å²) in [4.78, 5) is 10.6. The first kappa shape index (κ1) is 14.6. The molecule has 0 saturated heterocycles. The Morgan fingerprint density at radius 1 is 1.00 bits per heavy atom. The highest BCUT2D eigenvalue weighted by Crippen LogP contribution is 2.05. The maximum Gasteiger partial charge on any atom is 0.129 e. The Balaban J connectivity index is 2.89. The van der Waals surface area contributed by atoms with Crippen molar-refractivity contribution in [3.05, 3.63) is 0 Å². The maximum atomic E-state index is 10.6. The molecule has 0 aliphatic heterocycles. The summed E-state index contributed by atoms with van der Waals surface area (Å²) in [6, 6.07) is 0. The summed E-state index contributed by atoms with van der Waals surface area (Å²) in [6.45, 7) is 3.90. The maximum absolute atomic E-state index is 10.6. The Hall–Kier alpha value is -0.410. The van der Waals surface area contributed by atoms with Gasteiger partial charge in [0.2, 0.25) is 0 Å². The summed E-state index contributed by atoms with van der Waals surface area (Å²) in [5, 5.41) is 11.8. The lowest BCUT2D eigenvalue weighted by atomic mass is 10.1. The van der Waals surface area contributed by atoms with Gasteiger partial charge < -0.3 is 15.2 Å². The summed E-state index contributed by atoms with van der Waals surface area (Å²) >= 11 is 0. The predicted molar refractivity (Wildman–Crippen MR) is 63.0 cm³/mol. The van der Waals surface area contributed by atoms with Crippen LogP contribution in [0.3, 0.4) is 0 Å². The lowest BCUT2D eigenvalue weighted by molar-refractivity contribution is -0.117. The van der Waals surface area contributed by atoms with Gasteiger partial charge in [-0.25, -0.2) is 0 Å². The van der Waals surface area contributed by atoms with Crippen LogP contribution in [-0.2, 0) is 4.79 Å². The van der Waals surface area contributed by atoms with Crippen LogP contribution >= 0.6 is 0 Å². The minimum Gasteiger partial charge on any atom is -0.396 e. The Bertz CT molecular complexity index is 149. The highest BCUT2D eigenvalue weighted by molar-refractivity contribution is 5.75. The predicted octanol–water partition coefficient (Wildman–Crippen LogP) is 1.89. The van der Waals surface area contributed by atoms with E-state index in [1.165, 1.54) is 25.7 Å². The molecular formula is C12H25NO2. The van der Waals surface area contributed by atoms with Crippen LogP contribution in [0.5, 0.6) is 0 Å². The van der Waals surface area contributed by atoms with E-state index in [-0.39, 0.29) is 6.61 Å². The fraction of sp³-hybridized carbons (Fsp3) is 0.917. The van der Waals surface area contributed by atoms with E-state index in [0.29, 0.717) is 5.78 Å². The zero-order chi connectivity index (χ0) is 11.4. The quantitative estimate of drug-likeness (QED) is 0.517. The molecule has 0 unspecified atom stereocenters. The van der Waals surface area contributed by atoms with E-state index in [0.717, 1.165) is 32.4 Å². The summed E-state index contributed by atoms with van der Waals surface area (Å²) in [5.74, 6) is 0.306. The third-order valence-electron chi connectivity index (χ3n) is 2.39. The molecule has 3 nitrogen and oxygen atoms in total. The molecular weight excluding hydrogens is 190 g/mol. The van der Waals surface area contributed by atoms with Crippen molar-refractivity contribution in [2.24, 2.45) is 0 Å². The molecule has 0 heterocycles. The number of hydrogen-bond acceptors (Lipinski definition) is 3. The van der Waals surface area contributed by atoms with Crippen molar-refractivity contribution >= 4 is 5.78 Å². The lowest BCUT2D eigenvalue weighted by Gasteiger charge is -2.03.